The second-order valence-electron chi connectivity index (χ2n) is 4.14. The zero-order valence-electron chi connectivity index (χ0n) is 10.4. The lowest BCUT2D eigenvalue weighted by molar-refractivity contribution is -0.394. The number of benzene rings is 1. The topological polar surface area (TPSA) is 150 Å². The molecule has 0 saturated heterocycles. The van der Waals surface area contributed by atoms with Crippen molar-refractivity contribution in [2.45, 2.75) is 12.8 Å². The van der Waals surface area contributed by atoms with E-state index in [2.05, 4.69) is 0 Å². The Morgan fingerprint density at radius 1 is 1.30 bits per heavy atom. The van der Waals surface area contributed by atoms with E-state index in [1.807, 2.05) is 0 Å². The van der Waals surface area contributed by atoms with E-state index in [0.29, 0.717) is 0 Å². The summed E-state index contributed by atoms with van der Waals surface area (Å²) in [5.41, 5.74) is 4.57. The number of nitro groups is 2. The monoisotopic (exact) mass is 283 g/mol. The van der Waals surface area contributed by atoms with E-state index in [1.54, 1.807) is 0 Å². The van der Waals surface area contributed by atoms with Gasteiger partial charge in [0.05, 0.1) is 21.8 Å². The van der Waals surface area contributed by atoms with E-state index in [0.717, 1.165) is 12.1 Å². The summed E-state index contributed by atoms with van der Waals surface area (Å²) in [6, 6.07) is 3.16. The number of hydrogen-bond acceptors (Lipinski definition) is 6. The van der Waals surface area contributed by atoms with E-state index in [4.69, 9.17) is 10.8 Å². The summed E-state index contributed by atoms with van der Waals surface area (Å²) in [7, 11) is 0. The van der Waals surface area contributed by atoms with E-state index < -0.39 is 33.1 Å². The summed E-state index contributed by atoms with van der Waals surface area (Å²) in [6.07, 6.45) is 0.0737. The van der Waals surface area contributed by atoms with Crippen molar-refractivity contribution >= 4 is 17.3 Å². The Morgan fingerprint density at radius 3 is 2.40 bits per heavy atom. The zero-order chi connectivity index (χ0) is 15.3. The maximum absolute atomic E-state index is 11.0. The van der Waals surface area contributed by atoms with Gasteiger partial charge in [0.2, 0.25) is 0 Å². The van der Waals surface area contributed by atoms with Crippen molar-refractivity contribution in [2.75, 3.05) is 6.54 Å². The number of nitrogens with zero attached hydrogens (tertiary/aromatic N) is 2. The molecule has 0 aliphatic heterocycles. The average molecular weight is 283 g/mol. The highest BCUT2D eigenvalue weighted by Gasteiger charge is 2.24. The molecule has 1 rings (SSSR count). The molecule has 108 valence electrons. The van der Waals surface area contributed by atoms with Crippen molar-refractivity contribution < 1.29 is 19.7 Å². The second-order valence-corrected chi connectivity index (χ2v) is 4.14. The highest BCUT2D eigenvalue weighted by Crippen LogP contribution is 2.27. The molecule has 0 aromatic heterocycles. The molecule has 0 amide bonds. The number of nitro benzene ring substituents is 2. The molecule has 20 heavy (non-hydrogen) atoms. The molecule has 3 N–H and O–H groups in total. The third kappa shape index (κ3) is 3.72. The number of nitrogens with two attached hydrogens (primary N) is 1. The molecule has 0 bridgehead atoms. The van der Waals surface area contributed by atoms with Crippen LogP contribution in [0.15, 0.2) is 18.2 Å². The number of aliphatic carboxylic acids is 1. The summed E-state index contributed by atoms with van der Waals surface area (Å²) >= 11 is 0. The van der Waals surface area contributed by atoms with Gasteiger partial charge >= 0.3 is 5.97 Å². The van der Waals surface area contributed by atoms with E-state index in [9.17, 15) is 25.0 Å². The van der Waals surface area contributed by atoms with Crippen molar-refractivity contribution in [3.63, 3.8) is 0 Å². The number of non-ortho nitro benzene ring substituents is 1. The van der Waals surface area contributed by atoms with Gasteiger partial charge in [-0.1, -0.05) is 0 Å². The van der Waals surface area contributed by atoms with E-state index in [-0.39, 0.29) is 24.9 Å². The molecule has 9 nitrogen and oxygen atoms in total. The highest BCUT2D eigenvalue weighted by atomic mass is 16.6. The Bertz CT molecular complexity index is 545. The Balaban J connectivity index is 3.13. The van der Waals surface area contributed by atoms with Crippen LogP contribution in [0.4, 0.5) is 11.4 Å². The van der Waals surface area contributed by atoms with Crippen molar-refractivity contribution in [3.05, 3.63) is 44.0 Å². The van der Waals surface area contributed by atoms with Crippen molar-refractivity contribution in [3.8, 4) is 0 Å². The molecule has 9 heteroatoms. The van der Waals surface area contributed by atoms with E-state index in [1.165, 1.54) is 6.07 Å². The van der Waals surface area contributed by atoms with Crippen LogP contribution in [0.5, 0.6) is 0 Å². The third-order valence-corrected chi connectivity index (χ3v) is 2.81. The minimum absolute atomic E-state index is 0.0964. The number of carbonyl (C=O) groups is 1. The fourth-order valence-corrected chi connectivity index (χ4v) is 1.79. The van der Waals surface area contributed by atoms with Gasteiger partial charge in [-0.25, -0.2) is 0 Å². The third-order valence-electron chi connectivity index (χ3n) is 2.81. The molecule has 1 atom stereocenters. The van der Waals surface area contributed by atoms with Crippen LogP contribution in [0.3, 0.4) is 0 Å². The predicted octanol–water partition coefficient (Wildman–Crippen LogP) is 1.10. The largest absolute Gasteiger partial charge is 0.481 e. The minimum atomic E-state index is -1.11. The van der Waals surface area contributed by atoms with Gasteiger partial charge in [0.15, 0.2) is 0 Å². The first kappa shape index (κ1) is 15.5. The summed E-state index contributed by atoms with van der Waals surface area (Å²) < 4.78 is 0. The Kier molecular flexibility index (Phi) is 5.09. The summed E-state index contributed by atoms with van der Waals surface area (Å²) in [5.74, 6) is -1.97. The normalized spacial score (nSPS) is 11.8. The Hall–Kier alpha value is -2.55. The Labute approximate surface area is 113 Å². The van der Waals surface area contributed by atoms with Gasteiger partial charge in [-0.15, -0.1) is 0 Å². The SMILES string of the molecule is NCCC(Cc1ccc([N+](=O)[O-])cc1[N+](=O)[O-])C(=O)O. The van der Waals surface area contributed by atoms with Crippen molar-refractivity contribution in [1.82, 2.24) is 0 Å². The summed E-state index contributed by atoms with van der Waals surface area (Å²) in [5, 5.41) is 30.5. The smallest absolute Gasteiger partial charge is 0.306 e. The van der Waals surface area contributed by atoms with Gasteiger partial charge in [0, 0.05) is 11.6 Å². The highest BCUT2D eigenvalue weighted by molar-refractivity contribution is 5.70. The first-order valence-electron chi connectivity index (χ1n) is 5.71. The molecule has 1 unspecified atom stereocenters. The average Bonchev–Trinajstić information content (AvgIpc) is 2.37. The minimum Gasteiger partial charge on any atom is -0.481 e. The molecule has 0 radical (unpaired) electrons. The lowest BCUT2D eigenvalue weighted by Crippen LogP contribution is -2.20. The molecule has 0 fully saturated rings. The molecule has 0 aliphatic carbocycles. The molecule has 0 spiro atoms. The van der Waals surface area contributed by atoms with Gasteiger partial charge in [0.25, 0.3) is 11.4 Å². The number of carboxylic acid groups (broad SMARTS) is 1. The van der Waals surface area contributed by atoms with Crippen LogP contribution in [0.25, 0.3) is 0 Å². The van der Waals surface area contributed by atoms with Gasteiger partial charge in [-0.05, 0) is 25.5 Å². The zero-order valence-corrected chi connectivity index (χ0v) is 10.4. The second kappa shape index (κ2) is 6.57. The van der Waals surface area contributed by atoms with E-state index >= 15 is 0 Å². The van der Waals surface area contributed by atoms with Crippen LogP contribution in [0.1, 0.15) is 12.0 Å². The van der Waals surface area contributed by atoms with Gasteiger partial charge in [0.1, 0.15) is 0 Å². The maximum Gasteiger partial charge on any atom is 0.306 e. The standard InChI is InChI=1S/C11H13N3O6/c12-4-3-8(11(15)16)5-7-1-2-9(13(17)18)6-10(7)14(19)20/h1-2,6,8H,3-5,12H2,(H,15,16). The Morgan fingerprint density at radius 2 is 1.95 bits per heavy atom. The van der Waals surface area contributed by atoms with Crippen LogP contribution in [-0.4, -0.2) is 27.5 Å². The van der Waals surface area contributed by atoms with Crippen LogP contribution in [0.2, 0.25) is 0 Å². The van der Waals surface area contributed by atoms with Crippen LogP contribution >= 0.6 is 0 Å². The fourth-order valence-electron chi connectivity index (χ4n) is 1.79. The fraction of sp³-hybridized carbons (Fsp3) is 0.364. The first-order chi connectivity index (χ1) is 9.36. The lowest BCUT2D eigenvalue weighted by atomic mass is 9.95. The molecule has 0 aliphatic rings. The van der Waals surface area contributed by atoms with Crippen LogP contribution < -0.4 is 5.73 Å². The molecule has 0 saturated carbocycles. The summed E-state index contributed by atoms with van der Waals surface area (Å²) in [4.78, 5) is 31.0. The van der Waals surface area contributed by atoms with Gasteiger partial charge in [-0.2, -0.15) is 0 Å². The van der Waals surface area contributed by atoms with Crippen molar-refractivity contribution in [2.24, 2.45) is 11.7 Å². The molecule has 0 heterocycles. The van der Waals surface area contributed by atoms with Crippen molar-refractivity contribution in [1.29, 1.82) is 0 Å². The quantitative estimate of drug-likeness (QED) is 0.561. The maximum atomic E-state index is 11.0. The number of carboxylic acids is 1. The van der Waals surface area contributed by atoms with Gasteiger partial charge in [-0.3, -0.25) is 25.0 Å². The first-order valence-corrected chi connectivity index (χ1v) is 5.71. The molecular weight excluding hydrogens is 270 g/mol. The van der Waals surface area contributed by atoms with Gasteiger partial charge < -0.3 is 10.8 Å². The number of rotatable bonds is 7. The number of hydrogen-bond donors (Lipinski definition) is 2. The van der Waals surface area contributed by atoms with Crippen LogP contribution in [0, 0.1) is 26.1 Å². The van der Waals surface area contributed by atoms with Crippen LogP contribution in [-0.2, 0) is 11.2 Å². The molecule has 1 aromatic carbocycles. The molecular formula is C11H13N3O6. The lowest BCUT2D eigenvalue weighted by Gasteiger charge is -2.11. The summed E-state index contributed by atoms with van der Waals surface area (Å²) in [6.45, 7) is 0.137. The predicted molar refractivity (Wildman–Crippen MR) is 68.3 cm³/mol. The molecule has 1 aromatic rings.